The van der Waals surface area contributed by atoms with Crippen molar-refractivity contribution in [2.75, 3.05) is 13.1 Å². The maximum atomic E-state index is 4.04. The second-order valence-corrected chi connectivity index (χ2v) is 5.03. The van der Waals surface area contributed by atoms with Crippen molar-refractivity contribution in [2.24, 2.45) is 11.8 Å². The molecule has 0 bridgehead atoms. The molecule has 0 amide bonds. The molecule has 1 aliphatic carbocycles. The fourth-order valence-electron chi connectivity index (χ4n) is 2.61. The Morgan fingerprint density at radius 2 is 2.25 bits per heavy atom. The van der Waals surface area contributed by atoms with Crippen LogP contribution in [0.1, 0.15) is 32.6 Å². The molecule has 0 saturated heterocycles. The molecule has 0 aromatic carbocycles. The first-order valence-electron chi connectivity index (χ1n) is 6.52. The Morgan fingerprint density at radius 1 is 1.38 bits per heavy atom. The van der Waals surface area contributed by atoms with Crippen LogP contribution in [0.5, 0.6) is 0 Å². The Balaban J connectivity index is 1.60. The summed E-state index contributed by atoms with van der Waals surface area (Å²) < 4.78 is 2.12. The summed E-state index contributed by atoms with van der Waals surface area (Å²) >= 11 is 0. The number of hydrogen-bond donors (Lipinski definition) is 1. The second kappa shape index (κ2) is 6.04. The summed E-state index contributed by atoms with van der Waals surface area (Å²) in [5.74, 6) is 1.81. The Kier molecular flexibility index (Phi) is 4.40. The largest absolute Gasteiger partial charge is 0.336 e. The van der Waals surface area contributed by atoms with E-state index in [1.54, 1.807) is 0 Å². The van der Waals surface area contributed by atoms with Crippen molar-refractivity contribution in [1.29, 1.82) is 0 Å². The Hall–Kier alpha value is -0.830. The predicted octanol–water partition coefficient (Wildman–Crippen LogP) is 2.30. The van der Waals surface area contributed by atoms with Gasteiger partial charge in [0.25, 0.3) is 0 Å². The zero-order chi connectivity index (χ0) is 11.2. The summed E-state index contributed by atoms with van der Waals surface area (Å²) in [4.78, 5) is 4.04. The molecule has 1 heterocycles. The van der Waals surface area contributed by atoms with E-state index >= 15 is 0 Å². The fourth-order valence-corrected chi connectivity index (χ4v) is 2.61. The van der Waals surface area contributed by atoms with E-state index in [1.807, 2.05) is 18.7 Å². The van der Waals surface area contributed by atoms with Crippen molar-refractivity contribution >= 4 is 0 Å². The van der Waals surface area contributed by atoms with Gasteiger partial charge in [-0.25, -0.2) is 4.98 Å². The molecule has 0 radical (unpaired) electrons. The second-order valence-electron chi connectivity index (χ2n) is 5.03. The molecular weight excluding hydrogens is 198 g/mol. The number of rotatable bonds is 5. The number of nitrogens with zero attached hydrogens (tertiary/aromatic N) is 2. The molecule has 0 aliphatic heterocycles. The van der Waals surface area contributed by atoms with Crippen LogP contribution in [0.3, 0.4) is 0 Å². The summed E-state index contributed by atoms with van der Waals surface area (Å²) in [5, 5.41) is 3.58. The average Bonchev–Trinajstić information content (AvgIpc) is 2.79. The predicted molar refractivity (Wildman–Crippen MR) is 66.2 cm³/mol. The van der Waals surface area contributed by atoms with Gasteiger partial charge < -0.3 is 9.88 Å². The van der Waals surface area contributed by atoms with E-state index in [1.165, 1.54) is 32.2 Å². The van der Waals surface area contributed by atoms with E-state index in [9.17, 15) is 0 Å². The van der Waals surface area contributed by atoms with Crippen molar-refractivity contribution < 1.29 is 0 Å². The van der Waals surface area contributed by atoms with Gasteiger partial charge in [0.1, 0.15) is 0 Å². The molecule has 2 atom stereocenters. The monoisotopic (exact) mass is 221 g/mol. The van der Waals surface area contributed by atoms with Gasteiger partial charge in [0.05, 0.1) is 6.33 Å². The Morgan fingerprint density at radius 3 is 3.00 bits per heavy atom. The van der Waals surface area contributed by atoms with Crippen molar-refractivity contribution in [1.82, 2.24) is 14.9 Å². The maximum Gasteiger partial charge on any atom is 0.0946 e. The smallest absolute Gasteiger partial charge is 0.0946 e. The van der Waals surface area contributed by atoms with Crippen molar-refractivity contribution in [3.8, 4) is 0 Å². The molecule has 2 rings (SSSR count). The topological polar surface area (TPSA) is 29.9 Å². The lowest BCUT2D eigenvalue weighted by atomic mass is 9.80. The highest BCUT2D eigenvalue weighted by atomic mass is 15.0. The van der Waals surface area contributed by atoms with Crippen LogP contribution in [0.25, 0.3) is 0 Å². The van der Waals surface area contributed by atoms with Crippen LogP contribution in [-0.2, 0) is 6.54 Å². The third kappa shape index (κ3) is 3.34. The van der Waals surface area contributed by atoms with E-state index in [0.717, 1.165) is 24.9 Å². The van der Waals surface area contributed by atoms with E-state index in [2.05, 4.69) is 21.8 Å². The minimum absolute atomic E-state index is 0.900. The van der Waals surface area contributed by atoms with Crippen LogP contribution >= 0.6 is 0 Å². The van der Waals surface area contributed by atoms with Crippen molar-refractivity contribution in [2.45, 2.75) is 39.2 Å². The molecule has 1 fully saturated rings. The normalized spacial score (nSPS) is 25.8. The van der Waals surface area contributed by atoms with Crippen LogP contribution in [0.2, 0.25) is 0 Å². The van der Waals surface area contributed by atoms with Gasteiger partial charge in [0, 0.05) is 25.5 Å². The minimum atomic E-state index is 0.900. The molecule has 0 unspecified atom stereocenters. The molecular formula is C13H23N3. The molecule has 1 aromatic rings. The number of imidazole rings is 1. The lowest BCUT2D eigenvalue weighted by molar-refractivity contribution is 0.247. The van der Waals surface area contributed by atoms with Crippen molar-refractivity contribution in [3.05, 3.63) is 18.7 Å². The Labute approximate surface area is 98.3 Å². The summed E-state index contributed by atoms with van der Waals surface area (Å²) in [6.45, 7) is 5.68. The standard InChI is InChI=1S/C13H23N3/c1-12-4-2-3-5-13(12)10-14-6-8-16-9-7-15-11-16/h7,9,11-14H,2-6,8,10H2,1H3/t12-,13-/m0/s1. The third-order valence-corrected chi connectivity index (χ3v) is 3.80. The maximum absolute atomic E-state index is 4.04. The molecule has 1 N–H and O–H groups in total. The van der Waals surface area contributed by atoms with Gasteiger partial charge in [-0.3, -0.25) is 0 Å². The van der Waals surface area contributed by atoms with Crippen LogP contribution in [0.4, 0.5) is 0 Å². The van der Waals surface area contributed by atoms with Crippen LogP contribution in [-0.4, -0.2) is 22.6 Å². The van der Waals surface area contributed by atoms with E-state index < -0.39 is 0 Å². The van der Waals surface area contributed by atoms with Crippen molar-refractivity contribution in [3.63, 3.8) is 0 Å². The number of nitrogens with one attached hydrogen (secondary N) is 1. The molecule has 3 nitrogen and oxygen atoms in total. The summed E-state index contributed by atoms with van der Waals surface area (Å²) in [5.41, 5.74) is 0. The van der Waals surface area contributed by atoms with Gasteiger partial charge in [-0.05, 0) is 24.8 Å². The van der Waals surface area contributed by atoms with Gasteiger partial charge in [0.15, 0.2) is 0 Å². The lowest BCUT2D eigenvalue weighted by Gasteiger charge is -2.28. The number of aromatic nitrogens is 2. The van der Waals surface area contributed by atoms with E-state index in [-0.39, 0.29) is 0 Å². The lowest BCUT2D eigenvalue weighted by Crippen LogP contribution is -2.31. The van der Waals surface area contributed by atoms with Gasteiger partial charge in [-0.1, -0.05) is 26.2 Å². The molecule has 1 aliphatic rings. The highest BCUT2D eigenvalue weighted by Gasteiger charge is 2.20. The van der Waals surface area contributed by atoms with Gasteiger partial charge in [-0.15, -0.1) is 0 Å². The average molecular weight is 221 g/mol. The van der Waals surface area contributed by atoms with E-state index in [4.69, 9.17) is 0 Å². The summed E-state index contributed by atoms with van der Waals surface area (Å²) in [6, 6.07) is 0. The van der Waals surface area contributed by atoms with E-state index in [0.29, 0.717) is 0 Å². The fraction of sp³-hybridized carbons (Fsp3) is 0.769. The van der Waals surface area contributed by atoms with Gasteiger partial charge >= 0.3 is 0 Å². The zero-order valence-corrected chi connectivity index (χ0v) is 10.2. The highest BCUT2D eigenvalue weighted by Crippen LogP contribution is 2.28. The van der Waals surface area contributed by atoms with Crippen LogP contribution < -0.4 is 5.32 Å². The Bertz CT molecular complexity index is 281. The first-order valence-corrected chi connectivity index (χ1v) is 6.52. The molecule has 1 aromatic heterocycles. The van der Waals surface area contributed by atoms with Crippen LogP contribution in [0.15, 0.2) is 18.7 Å². The molecule has 3 heteroatoms. The third-order valence-electron chi connectivity index (χ3n) is 3.80. The minimum Gasteiger partial charge on any atom is -0.336 e. The SMILES string of the molecule is C[C@H]1CCCC[C@H]1CNCCn1ccnc1. The van der Waals surface area contributed by atoms with Gasteiger partial charge in [0.2, 0.25) is 0 Å². The molecule has 0 spiro atoms. The quantitative estimate of drug-likeness (QED) is 0.773. The molecule has 1 saturated carbocycles. The molecule has 90 valence electrons. The summed E-state index contributed by atoms with van der Waals surface area (Å²) in [7, 11) is 0. The first-order chi connectivity index (χ1) is 7.86. The molecule has 16 heavy (non-hydrogen) atoms. The highest BCUT2D eigenvalue weighted by molar-refractivity contribution is 4.76. The summed E-state index contributed by atoms with van der Waals surface area (Å²) in [6.07, 6.45) is 11.4. The number of hydrogen-bond acceptors (Lipinski definition) is 2. The zero-order valence-electron chi connectivity index (χ0n) is 10.2. The van der Waals surface area contributed by atoms with Crippen LogP contribution in [0, 0.1) is 11.8 Å². The first kappa shape index (κ1) is 11.6. The van der Waals surface area contributed by atoms with Gasteiger partial charge in [-0.2, -0.15) is 0 Å².